The van der Waals surface area contributed by atoms with Crippen LogP contribution < -0.4 is 5.32 Å². The van der Waals surface area contributed by atoms with Crippen LogP contribution in [-0.2, 0) is 6.42 Å². The lowest BCUT2D eigenvalue weighted by atomic mass is 10.1. The molecule has 2 atom stereocenters. The molecule has 0 radical (unpaired) electrons. The second kappa shape index (κ2) is 5.63. The molecule has 0 saturated heterocycles. The summed E-state index contributed by atoms with van der Waals surface area (Å²) in [6.07, 6.45) is 1.73. The summed E-state index contributed by atoms with van der Waals surface area (Å²) in [5, 5.41) is 13.6. The molecular formula is C15H16ClNOS. The molecule has 2 N–H and O–H groups in total. The van der Waals surface area contributed by atoms with Crippen LogP contribution in [0.25, 0.3) is 0 Å². The van der Waals surface area contributed by atoms with Gasteiger partial charge in [-0.05, 0) is 30.0 Å². The number of benzene rings is 1. The Morgan fingerprint density at radius 1 is 1.37 bits per heavy atom. The Morgan fingerprint density at radius 3 is 2.95 bits per heavy atom. The first-order valence-corrected chi connectivity index (χ1v) is 7.68. The summed E-state index contributed by atoms with van der Waals surface area (Å²) in [4.78, 5) is 1.39. The largest absolute Gasteiger partial charge is 0.387 e. The SMILES string of the molecule is OC(CNC1CCc2sc(Cl)cc21)c1ccccc1. The van der Waals surface area contributed by atoms with Crippen LogP contribution in [-0.4, -0.2) is 11.7 Å². The predicted molar refractivity (Wildman–Crippen MR) is 79.8 cm³/mol. The molecule has 1 aliphatic rings. The number of aliphatic hydroxyl groups is 1. The summed E-state index contributed by atoms with van der Waals surface area (Å²) >= 11 is 7.72. The molecule has 1 heterocycles. The summed E-state index contributed by atoms with van der Waals surface area (Å²) in [5.41, 5.74) is 2.27. The van der Waals surface area contributed by atoms with Crippen molar-refractivity contribution in [3.8, 4) is 0 Å². The number of thiophene rings is 1. The van der Waals surface area contributed by atoms with Gasteiger partial charge in [0.25, 0.3) is 0 Å². The van der Waals surface area contributed by atoms with Crippen LogP contribution in [0.15, 0.2) is 36.4 Å². The monoisotopic (exact) mass is 293 g/mol. The Hall–Kier alpha value is -0.870. The van der Waals surface area contributed by atoms with Gasteiger partial charge in [0.2, 0.25) is 0 Å². The molecule has 0 spiro atoms. The lowest BCUT2D eigenvalue weighted by Gasteiger charge is -2.17. The number of aryl methyl sites for hydroxylation is 1. The maximum Gasteiger partial charge on any atom is 0.0934 e. The molecule has 0 bridgehead atoms. The minimum atomic E-state index is -0.459. The van der Waals surface area contributed by atoms with Gasteiger partial charge in [-0.15, -0.1) is 11.3 Å². The normalized spacial score (nSPS) is 19.4. The second-order valence-corrected chi connectivity index (χ2v) is 6.62. The number of halogens is 1. The third kappa shape index (κ3) is 2.84. The van der Waals surface area contributed by atoms with E-state index < -0.39 is 6.10 Å². The molecular weight excluding hydrogens is 278 g/mol. The van der Waals surface area contributed by atoms with Gasteiger partial charge in [-0.3, -0.25) is 0 Å². The van der Waals surface area contributed by atoms with Crippen LogP contribution in [0.3, 0.4) is 0 Å². The number of rotatable bonds is 4. The highest BCUT2D eigenvalue weighted by Crippen LogP contribution is 2.39. The standard InChI is InChI=1S/C15H16ClNOS/c16-15-8-11-12(6-7-14(11)19-15)17-9-13(18)10-4-2-1-3-5-10/h1-5,8,12-13,17-18H,6-7,9H2. The average molecular weight is 294 g/mol. The van der Waals surface area contributed by atoms with Crippen molar-refractivity contribution in [2.24, 2.45) is 0 Å². The predicted octanol–water partition coefficient (Wildman–Crippen LogP) is 3.71. The first kappa shape index (κ1) is 13.1. The van der Waals surface area contributed by atoms with E-state index in [9.17, 15) is 5.11 Å². The van der Waals surface area contributed by atoms with Gasteiger partial charge in [0.1, 0.15) is 0 Å². The number of hydrogen-bond acceptors (Lipinski definition) is 3. The van der Waals surface area contributed by atoms with E-state index in [1.165, 1.54) is 10.4 Å². The van der Waals surface area contributed by atoms with Gasteiger partial charge in [-0.1, -0.05) is 41.9 Å². The lowest BCUT2D eigenvalue weighted by Crippen LogP contribution is -2.25. The van der Waals surface area contributed by atoms with Crippen molar-refractivity contribution in [3.63, 3.8) is 0 Å². The van der Waals surface area contributed by atoms with E-state index in [1.807, 2.05) is 30.3 Å². The maximum atomic E-state index is 10.1. The molecule has 2 nitrogen and oxygen atoms in total. The van der Waals surface area contributed by atoms with Gasteiger partial charge in [-0.2, -0.15) is 0 Å². The quantitative estimate of drug-likeness (QED) is 0.901. The van der Waals surface area contributed by atoms with E-state index in [4.69, 9.17) is 11.6 Å². The zero-order chi connectivity index (χ0) is 13.2. The fourth-order valence-corrected chi connectivity index (χ4v) is 3.95. The first-order valence-electron chi connectivity index (χ1n) is 6.48. The molecule has 4 heteroatoms. The van der Waals surface area contributed by atoms with E-state index in [1.54, 1.807) is 11.3 Å². The molecule has 19 heavy (non-hydrogen) atoms. The number of hydrogen-bond donors (Lipinski definition) is 2. The fraction of sp³-hybridized carbons (Fsp3) is 0.333. The highest BCUT2D eigenvalue weighted by atomic mass is 35.5. The van der Waals surface area contributed by atoms with Crippen molar-refractivity contribution >= 4 is 22.9 Å². The fourth-order valence-electron chi connectivity index (χ4n) is 2.59. The molecule has 3 rings (SSSR count). The van der Waals surface area contributed by atoms with E-state index in [0.29, 0.717) is 12.6 Å². The highest BCUT2D eigenvalue weighted by molar-refractivity contribution is 7.16. The molecule has 100 valence electrons. The van der Waals surface area contributed by atoms with Gasteiger partial charge in [0, 0.05) is 17.5 Å². The molecule has 0 fully saturated rings. The summed E-state index contributed by atoms with van der Waals surface area (Å²) in [6.45, 7) is 0.571. The van der Waals surface area contributed by atoms with Crippen molar-refractivity contribution in [2.75, 3.05) is 6.54 Å². The van der Waals surface area contributed by atoms with E-state index in [-0.39, 0.29) is 0 Å². The first-order chi connectivity index (χ1) is 9.24. The molecule has 2 unspecified atom stereocenters. The van der Waals surface area contributed by atoms with Crippen LogP contribution >= 0.6 is 22.9 Å². The van der Waals surface area contributed by atoms with Crippen molar-refractivity contribution in [1.82, 2.24) is 5.32 Å². The minimum absolute atomic E-state index is 0.331. The Balaban J connectivity index is 1.62. The number of aliphatic hydroxyl groups excluding tert-OH is 1. The summed E-state index contributed by atoms with van der Waals surface area (Å²) in [6, 6.07) is 12.1. The van der Waals surface area contributed by atoms with Crippen LogP contribution in [0.1, 0.15) is 34.6 Å². The van der Waals surface area contributed by atoms with Crippen LogP contribution in [0.2, 0.25) is 4.34 Å². The molecule has 0 saturated carbocycles. The van der Waals surface area contributed by atoms with Gasteiger partial charge in [0.05, 0.1) is 10.4 Å². The summed E-state index contributed by atoms with van der Waals surface area (Å²) in [7, 11) is 0. The second-order valence-electron chi connectivity index (χ2n) is 4.86. The van der Waals surface area contributed by atoms with Crippen LogP contribution in [0.5, 0.6) is 0 Å². The van der Waals surface area contributed by atoms with Gasteiger partial charge in [0.15, 0.2) is 0 Å². The van der Waals surface area contributed by atoms with Crippen LogP contribution in [0.4, 0.5) is 0 Å². The molecule has 0 aliphatic heterocycles. The Morgan fingerprint density at radius 2 is 2.16 bits per heavy atom. The third-order valence-corrected chi connectivity index (χ3v) is 4.93. The Kier molecular flexibility index (Phi) is 3.89. The summed E-state index contributed by atoms with van der Waals surface area (Å²) < 4.78 is 0.861. The highest BCUT2D eigenvalue weighted by Gasteiger charge is 2.25. The van der Waals surface area contributed by atoms with E-state index in [0.717, 1.165) is 22.7 Å². The van der Waals surface area contributed by atoms with E-state index in [2.05, 4.69) is 11.4 Å². The molecule has 1 aliphatic carbocycles. The van der Waals surface area contributed by atoms with Crippen LogP contribution in [0, 0.1) is 0 Å². The zero-order valence-corrected chi connectivity index (χ0v) is 12.0. The Labute approximate surface area is 122 Å². The van der Waals surface area contributed by atoms with Crippen molar-refractivity contribution in [2.45, 2.75) is 25.0 Å². The van der Waals surface area contributed by atoms with Crippen molar-refractivity contribution in [1.29, 1.82) is 0 Å². The van der Waals surface area contributed by atoms with Gasteiger partial charge in [-0.25, -0.2) is 0 Å². The summed E-state index contributed by atoms with van der Waals surface area (Å²) in [5.74, 6) is 0. The third-order valence-electron chi connectivity index (χ3n) is 3.59. The number of nitrogens with one attached hydrogen (secondary N) is 1. The smallest absolute Gasteiger partial charge is 0.0934 e. The average Bonchev–Trinajstić information content (AvgIpc) is 2.96. The molecule has 0 amide bonds. The van der Waals surface area contributed by atoms with Gasteiger partial charge >= 0.3 is 0 Å². The number of fused-ring (bicyclic) bond motifs is 1. The van der Waals surface area contributed by atoms with Crippen molar-refractivity contribution < 1.29 is 5.11 Å². The molecule has 1 aromatic heterocycles. The minimum Gasteiger partial charge on any atom is -0.387 e. The van der Waals surface area contributed by atoms with Gasteiger partial charge < -0.3 is 10.4 Å². The van der Waals surface area contributed by atoms with Crippen molar-refractivity contribution in [3.05, 3.63) is 56.7 Å². The lowest BCUT2D eigenvalue weighted by molar-refractivity contribution is 0.169. The van der Waals surface area contributed by atoms with E-state index >= 15 is 0 Å². The maximum absolute atomic E-state index is 10.1. The molecule has 2 aromatic rings. The molecule has 1 aromatic carbocycles. The topological polar surface area (TPSA) is 32.3 Å². The zero-order valence-electron chi connectivity index (χ0n) is 10.5. The Bertz CT molecular complexity index is 555.